The van der Waals surface area contributed by atoms with E-state index >= 15 is 0 Å². The SMILES string of the molecule is CC(=O)Nc1ccc(C(F)(F)F)cc1Cl.Cl. The van der Waals surface area contributed by atoms with E-state index in [0.29, 0.717) is 0 Å². The van der Waals surface area contributed by atoms with Gasteiger partial charge in [-0.15, -0.1) is 12.4 Å². The molecule has 1 amide bonds. The minimum Gasteiger partial charge on any atom is -0.325 e. The van der Waals surface area contributed by atoms with Crippen LogP contribution in [0.2, 0.25) is 5.02 Å². The van der Waals surface area contributed by atoms with Crippen molar-refractivity contribution in [1.82, 2.24) is 0 Å². The molecule has 0 aliphatic carbocycles. The minimum absolute atomic E-state index is 0. The molecule has 0 atom stereocenters. The highest BCUT2D eigenvalue weighted by Gasteiger charge is 2.30. The fourth-order valence-corrected chi connectivity index (χ4v) is 1.21. The third kappa shape index (κ3) is 3.90. The van der Waals surface area contributed by atoms with Crippen LogP contribution in [0.15, 0.2) is 18.2 Å². The molecule has 1 aromatic carbocycles. The van der Waals surface area contributed by atoms with E-state index in [9.17, 15) is 18.0 Å². The smallest absolute Gasteiger partial charge is 0.325 e. The summed E-state index contributed by atoms with van der Waals surface area (Å²) < 4.78 is 36.6. The maximum Gasteiger partial charge on any atom is 0.416 e. The summed E-state index contributed by atoms with van der Waals surface area (Å²) in [4.78, 5) is 10.7. The maximum atomic E-state index is 12.2. The highest BCUT2D eigenvalue weighted by molar-refractivity contribution is 6.33. The Labute approximate surface area is 101 Å². The van der Waals surface area contributed by atoms with Crippen molar-refractivity contribution in [2.45, 2.75) is 13.1 Å². The maximum absolute atomic E-state index is 12.2. The molecular weight excluding hydrogens is 266 g/mol. The number of amides is 1. The summed E-state index contributed by atoms with van der Waals surface area (Å²) in [5.41, 5.74) is -0.682. The van der Waals surface area contributed by atoms with Gasteiger partial charge < -0.3 is 5.32 Å². The van der Waals surface area contributed by atoms with Gasteiger partial charge in [-0.1, -0.05) is 11.6 Å². The van der Waals surface area contributed by atoms with Crippen molar-refractivity contribution in [3.8, 4) is 0 Å². The second kappa shape index (κ2) is 5.41. The van der Waals surface area contributed by atoms with E-state index in [0.717, 1.165) is 18.2 Å². The number of hydrogen-bond acceptors (Lipinski definition) is 1. The fraction of sp³-hybridized carbons (Fsp3) is 0.222. The molecule has 7 heteroatoms. The van der Waals surface area contributed by atoms with E-state index in [1.165, 1.54) is 6.92 Å². The van der Waals surface area contributed by atoms with Crippen LogP contribution in [0.5, 0.6) is 0 Å². The molecule has 0 radical (unpaired) electrons. The van der Waals surface area contributed by atoms with Crippen molar-refractivity contribution in [2.75, 3.05) is 5.32 Å². The number of benzene rings is 1. The topological polar surface area (TPSA) is 29.1 Å². The van der Waals surface area contributed by atoms with Gasteiger partial charge in [0.25, 0.3) is 0 Å². The van der Waals surface area contributed by atoms with Crippen LogP contribution < -0.4 is 5.32 Å². The predicted octanol–water partition coefficient (Wildman–Crippen LogP) is 3.74. The quantitative estimate of drug-likeness (QED) is 0.830. The normalized spacial score (nSPS) is 10.6. The van der Waals surface area contributed by atoms with Crippen LogP contribution in [0, 0.1) is 0 Å². The van der Waals surface area contributed by atoms with Crippen LogP contribution in [-0.4, -0.2) is 5.91 Å². The molecule has 0 saturated heterocycles. The fourth-order valence-electron chi connectivity index (χ4n) is 0.982. The van der Waals surface area contributed by atoms with E-state index < -0.39 is 17.6 Å². The Morgan fingerprint density at radius 2 is 1.94 bits per heavy atom. The van der Waals surface area contributed by atoms with Crippen molar-refractivity contribution < 1.29 is 18.0 Å². The number of hydrogen-bond donors (Lipinski definition) is 1. The number of nitrogens with one attached hydrogen (secondary N) is 1. The highest BCUT2D eigenvalue weighted by atomic mass is 35.5. The standard InChI is InChI=1S/C9H7ClF3NO.ClH/c1-5(15)14-8-3-2-6(4-7(8)10)9(11,12)13;/h2-4H,1H3,(H,14,15);1H. The third-order valence-electron chi connectivity index (χ3n) is 1.61. The van der Waals surface area contributed by atoms with Gasteiger partial charge in [-0.05, 0) is 18.2 Å². The number of anilines is 1. The molecule has 1 rings (SSSR count). The molecule has 16 heavy (non-hydrogen) atoms. The molecule has 0 aliphatic heterocycles. The first kappa shape index (κ1) is 15.1. The summed E-state index contributed by atoms with van der Waals surface area (Å²) in [6.07, 6.45) is -4.43. The van der Waals surface area contributed by atoms with Gasteiger partial charge in [-0.2, -0.15) is 13.2 Å². The molecule has 0 saturated carbocycles. The molecule has 0 unspecified atom stereocenters. The molecule has 0 fully saturated rings. The zero-order valence-corrected chi connectivity index (χ0v) is 9.63. The Bertz CT molecular complexity index is 393. The summed E-state index contributed by atoms with van der Waals surface area (Å²) in [6.45, 7) is 1.24. The molecule has 90 valence electrons. The van der Waals surface area contributed by atoms with Crippen molar-refractivity contribution >= 4 is 35.6 Å². The summed E-state index contributed by atoms with van der Waals surface area (Å²) in [7, 11) is 0. The van der Waals surface area contributed by atoms with Gasteiger partial charge >= 0.3 is 6.18 Å². The highest BCUT2D eigenvalue weighted by Crippen LogP contribution is 2.33. The molecule has 0 spiro atoms. The molecular formula is C9H8Cl2F3NO. The van der Waals surface area contributed by atoms with Crippen molar-refractivity contribution in [1.29, 1.82) is 0 Å². The number of alkyl halides is 3. The van der Waals surface area contributed by atoms with Gasteiger partial charge in [0, 0.05) is 6.92 Å². The second-order valence-electron chi connectivity index (χ2n) is 2.87. The summed E-state index contributed by atoms with van der Waals surface area (Å²) in [5, 5.41) is 2.17. The van der Waals surface area contributed by atoms with Gasteiger partial charge in [-0.25, -0.2) is 0 Å². The number of rotatable bonds is 1. The minimum atomic E-state index is -4.43. The van der Waals surface area contributed by atoms with E-state index in [1.54, 1.807) is 0 Å². The van der Waals surface area contributed by atoms with E-state index in [2.05, 4.69) is 5.32 Å². The molecule has 1 aromatic rings. The van der Waals surface area contributed by atoms with Crippen molar-refractivity contribution in [3.05, 3.63) is 28.8 Å². The zero-order chi connectivity index (χ0) is 11.6. The van der Waals surface area contributed by atoms with E-state index in [-0.39, 0.29) is 23.1 Å². The molecule has 0 heterocycles. The summed E-state index contributed by atoms with van der Waals surface area (Å²) in [5.74, 6) is -0.392. The molecule has 1 N–H and O–H groups in total. The third-order valence-corrected chi connectivity index (χ3v) is 1.92. The van der Waals surface area contributed by atoms with Crippen LogP contribution in [0.25, 0.3) is 0 Å². The van der Waals surface area contributed by atoms with Crippen LogP contribution in [0.4, 0.5) is 18.9 Å². The van der Waals surface area contributed by atoms with Gasteiger partial charge in [0.15, 0.2) is 0 Å². The van der Waals surface area contributed by atoms with Crippen LogP contribution in [0.3, 0.4) is 0 Å². The summed E-state index contributed by atoms with van der Waals surface area (Å²) in [6, 6.07) is 2.75. The van der Waals surface area contributed by atoms with Crippen LogP contribution >= 0.6 is 24.0 Å². The second-order valence-corrected chi connectivity index (χ2v) is 3.28. The van der Waals surface area contributed by atoms with Gasteiger partial charge in [0.05, 0.1) is 16.3 Å². The van der Waals surface area contributed by atoms with Gasteiger partial charge in [0.2, 0.25) is 5.91 Å². The average molecular weight is 274 g/mol. The lowest BCUT2D eigenvalue weighted by atomic mass is 10.2. The summed E-state index contributed by atoms with van der Waals surface area (Å²) >= 11 is 5.56. The number of halogens is 5. The first-order valence-electron chi connectivity index (χ1n) is 3.95. The molecule has 0 aliphatic rings. The monoisotopic (exact) mass is 273 g/mol. The lowest BCUT2D eigenvalue weighted by Crippen LogP contribution is -2.08. The largest absolute Gasteiger partial charge is 0.416 e. The van der Waals surface area contributed by atoms with Crippen molar-refractivity contribution in [2.24, 2.45) is 0 Å². The molecule has 0 aromatic heterocycles. The number of carbonyl (C=O) groups excluding carboxylic acids is 1. The Hall–Kier alpha value is -0.940. The zero-order valence-electron chi connectivity index (χ0n) is 8.06. The Kier molecular flexibility index (Phi) is 5.09. The van der Waals surface area contributed by atoms with Gasteiger partial charge in [0.1, 0.15) is 0 Å². The Balaban J connectivity index is 0.00000225. The van der Waals surface area contributed by atoms with Gasteiger partial charge in [-0.3, -0.25) is 4.79 Å². The van der Waals surface area contributed by atoms with Crippen molar-refractivity contribution in [3.63, 3.8) is 0 Å². The average Bonchev–Trinajstić information content (AvgIpc) is 2.05. The number of carbonyl (C=O) groups is 1. The van der Waals surface area contributed by atoms with E-state index in [1.807, 2.05) is 0 Å². The molecule has 2 nitrogen and oxygen atoms in total. The van der Waals surface area contributed by atoms with Crippen LogP contribution in [-0.2, 0) is 11.0 Å². The van der Waals surface area contributed by atoms with Crippen LogP contribution in [0.1, 0.15) is 12.5 Å². The molecule has 0 bridgehead atoms. The Morgan fingerprint density at radius 3 is 2.31 bits per heavy atom. The first-order valence-corrected chi connectivity index (χ1v) is 4.33. The Morgan fingerprint density at radius 1 is 1.38 bits per heavy atom. The first-order chi connectivity index (χ1) is 6.80. The lowest BCUT2D eigenvalue weighted by Gasteiger charge is -2.09. The lowest BCUT2D eigenvalue weighted by molar-refractivity contribution is -0.137. The predicted molar refractivity (Wildman–Crippen MR) is 58.0 cm³/mol. The van der Waals surface area contributed by atoms with E-state index in [4.69, 9.17) is 11.6 Å².